The Morgan fingerprint density at radius 3 is 2.38 bits per heavy atom. The van der Waals surface area contributed by atoms with E-state index in [-0.39, 0.29) is 6.03 Å². The lowest BCUT2D eigenvalue weighted by atomic mass is 10.2. The van der Waals surface area contributed by atoms with Gasteiger partial charge in [-0.1, -0.05) is 38.6 Å². The molecule has 0 aliphatic heterocycles. The summed E-state index contributed by atoms with van der Waals surface area (Å²) in [6, 6.07) is 3.66. The summed E-state index contributed by atoms with van der Waals surface area (Å²) >= 11 is 0. The number of aromatic nitrogens is 1. The Bertz CT molecular complexity index is 899. The fourth-order valence-electron chi connectivity index (χ4n) is 3.36. The lowest BCUT2D eigenvalue weighted by Gasteiger charge is -2.23. The third-order valence-electron chi connectivity index (χ3n) is 5.27. The number of hydrogen-bond donors (Lipinski definition) is 5. The van der Waals surface area contributed by atoms with Gasteiger partial charge in [-0.25, -0.2) is 9.59 Å². The first kappa shape index (κ1) is 31.7. The van der Waals surface area contributed by atoms with Crippen molar-refractivity contribution in [2.45, 2.75) is 53.5 Å². The topological polar surface area (TPSA) is 128 Å². The summed E-state index contributed by atoms with van der Waals surface area (Å²) in [4.78, 5) is 30.0. The number of ether oxygens (including phenoxy) is 1. The van der Waals surface area contributed by atoms with Crippen molar-refractivity contribution in [2.75, 3.05) is 39.4 Å². The van der Waals surface area contributed by atoms with Crippen LogP contribution in [0.5, 0.6) is 0 Å². The van der Waals surface area contributed by atoms with Gasteiger partial charge in [0.2, 0.25) is 0 Å². The number of nitrogens with zero attached hydrogens (tertiary/aromatic N) is 2. The van der Waals surface area contributed by atoms with Gasteiger partial charge in [0.05, 0.1) is 29.4 Å². The van der Waals surface area contributed by atoms with Crippen molar-refractivity contribution < 1.29 is 19.4 Å². The summed E-state index contributed by atoms with van der Waals surface area (Å²) in [5, 5.41) is 20.8. The fraction of sp³-hybridized carbons (Fsp3) is 0.519. The number of carboxylic acid groups (broad SMARTS) is 1. The maximum Gasteiger partial charge on any atom is 0.409 e. The van der Waals surface area contributed by atoms with Crippen molar-refractivity contribution in [2.24, 2.45) is 0 Å². The molecule has 0 aliphatic carbocycles. The van der Waals surface area contributed by atoms with Gasteiger partial charge in [0.1, 0.15) is 0 Å². The molecule has 5 N–H and O–H groups in total. The minimum absolute atomic E-state index is 0.0918. The van der Waals surface area contributed by atoms with Crippen LogP contribution in [-0.4, -0.2) is 66.5 Å². The predicted octanol–water partition coefficient (Wildman–Crippen LogP) is 4.05. The number of amides is 3. The van der Waals surface area contributed by atoms with Crippen molar-refractivity contribution in [1.82, 2.24) is 31.2 Å². The molecule has 0 atom stereocenters. The molecule has 206 valence electrons. The number of rotatable bonds is 18. The number of urea groups is 1. The molecule has 1 aromatic rings. The van der Waals surface area contributed by atoms with Crippen molar-refractivity contribution in [1.29, 1.82) is 0 Å². The number of carbonyl (C=O) groups is 2. The molecule has 0 aromatic carbocycles. The molecule has 10 heteroatoms. The molecule has 0 radical (unpaired) electrons. The van der Waals surface area contributed by atoms with Gasteiger partial charge in [0.15, 0.2) is 0 Å². The van der Waals surface area contributed by atoms with Crippen LogP contribution in [0.2, 0.25) is 0 Å². The highest BCUT2D eigenvalue weighted by Gasteiger charge is 2.14. The van der Waals surface area contributed by atoms with Gasteiger partial charge in [0, 0.05) is 39.0 Å². The van der Waals surface area contributed by atoms with Gasteiger partial charge in [0.25, 0.3) is 0 Å². The summed E-state index contributed by atoms with van der Waals surface area (Å²) in [5.41, 5.74) is 3.04. The number of nitrogens with one attached hydrogen (secondary N) is 4. The Kier molecular flexibility index (Phi) is 16.1. The van der Waals surface area contributed by atoms with Gasteiger partial charge < -0.3 is 30.7 Å². The largest absolute Gasteiger partial charge is 0.465 e. The molecule has 0 spiro atoms. The van der Waals surface area contributed by atoms with Crippen LogP contribution in [-0.2, 0) is 11.3 Å². The van der Waals surface area contributed by atoms with E-state index in [1.54, 1.807) is 37.1 Å². The first-order valence-corrected chi connectivity index (χ1v) is 12.9. The predicted molar refractivity (Wildman–Crippen MR) is 148 cm³/mol. The van der Waals surface area contributed by atoms with Crippen LogP contribution in [0.3, 0.4) is 0 Å². The Morgan fingerprint density at radius 1 is 1.05 bits per heavy atom. The van der Waals surface area contributed by atoms with Crippen LogP contribution >= 0.6 is 0 Å². The molecular weight excluding hydrogens is 472 g/mol. The molecule has 1 rings (SSSR count). The van der Waals surface area contributed by atoms with Crippen LogP contribution in [0.15, 0.2) is 48.5 Å². The molecule has 0 aliphatic rings. The van der Waals surface area contributed by atoms with Crippen molar-refractivity contribution >= 4 is 17.8 Å². The zero-order valence-corrected chi connectivity index (χ0v) is 22.7. The molecule has 0 fully saturated rings. The number of pyridine rings is 1. The molecule has 0 saturated carbocycles. The molecule has 0 unspecified atom stereocenters. The van der Waals surface area contributed by atoms with E-state index in [9.17, 15) is 9.59 Å². The van der Waals surface area contributed by atoms with Crippen LogP contribution in [0, 0.1) is 0 Å². The second-order valence-electron chi connectivity index (χ2n) is 8.36. The lowest BCUT2D eigenvalue weighted by Crippen LogP contribution is -2.41. The smallest absolute Gasteiger partial charge is 0.409 e. The number of carbonyl (C=O) groups excluding carboxylic acids is 1. The molecule has 37 heavy (non-hydrogen) atoms. The van der Waals surface area contributed by atoms with E-state index in [1.807, 2.05) is 19.1 Å². The Morgan fingerprint density at radius 2 is 1.78 bits per heavy atom. The Labute approximate surface area is 221 Å². The molecule has 1 aromatic heterocycles. The molecule has 0 bridgehead atoms. The minimum atomic E-state index is -1.15. The average Bonchev–Trinajstić information content (AvgIpc) is 2.89. The summed E-state index contributed by atoms with van der Waals surface area (Å²) in [6.45, 7) is 16.4. The third kappa shape index (κ3) is 12.9. The van der Waals surface area contributed by atoms with E-state index in [1.165, 1.54) is 0 Å². The van der Waals surface area contributed by atoms with E-state index < -0.39 is 6.09 Å². The minimum Gasteiger partial charge on any atom is -0.465 e. The highest BCUT2D eigenvalue weighted by molar-refractivity contribution is 5.74. The molecular formula is C27H44N6O4. The van der Waals surface area contributed by atoms with Crippen LogP contribution < -0.4 is 21.3 Å². The normalized spacial score (nSPS) is 11.7. The molecule has 3 amide bonds. The van der Waals surface area contributed by atoms with Crippen molar-refractivity contribution in [3.63, 3.8) is 0 Å². The van der Waals surface area contributed by atoms with E-state index >= 15 is 0 Å². The van der Waals surface area contributed by atoms with Crippen molar-refractivity contribution in [3.05, 3.63) is 59.7 Å². The van der Waals surface area contributed by atoms with E-state index in [0.29, 0.717) is 49.0 Å². The summed E-state index contributed by atoms with van der Waals surface area (Å²) in [5.74, 6) is 0. The van der Waals surface area contributed by atoms with Gasteiger partial charge in [-0.3, -0.25) is 10.3 Å². The second-order valence-corrected chi connectivity index (χ2v) is 8.36. The average molecular weight is 517 g/mol. The summed E-state index contributed by atoms with van der Waals surface area (Å²) in [6.07, 6.45) is 6.71. The summed E-state index contributed by atoms with van der Waals surface area (Å²) in [7, 11) is 0. The lowest BCUT2D eigenvalue weighted by molar-refractivity contribution is 0.136. The van der Waals surface area contributed by atoms with Gasteiger partial charge in [-0.2, -0.15) is 0 Å². The Balaban J connectivity index is 2.73. The van der Waals surface area contributed by atoms with Crippen LogP contribution in [0.25, 0.3) is 5.70 Å². The van der Waals surface area contributed by atoms with Crippen LogP contribution in [0.1, 0.15) is 58.2 Å². The zero-order valence-electron chi connectivity index (χ0n) is 22.7. The first-order valence-electron chi connectivity index (χ1n) is 12.9. The molecule has 1 heterocycles. The van der Waals surface area contributed by atoms with Gasteiger partial charge >= 0.3 is 12.1 Å². The van der Waals surface area contributed by atoms with Crippen molar-refractivity contribution in [3.8, 4) is 0 Å². The highest BCUT2D eigenvalue weighted by atomic mass is 16.5. The monoisotopic (exact) mass is 516 g/mol. The van der Waals surface area contributed by atoms with Gasteiger partial charge in [-0.05, 0) is 51.3 Å². The van der Waals surface area contributed by atoms with E-state index in [0.717, 1.165) is 44.5 Å². The fourth-order valence-corrected chi connectivity index (χ4v) is 3.36. The highest BCUT2D eigenvalue weighted by Crippen LogP contribution is 2.14. The third-order valence-corrected chi connectivity index (χ3v) is 5.27. The van der Waals surface area contributed by atoms with Crippen LogP contribution in [0.4, 0.5) is 9.59 Å². The quantitative estimate of drug-likeness (QED) is 0.147. The molecule has 0 saturated heterocycles. The standard InChI is InChI=1S/C27H44N6O4/c1-6-13-29-26(34)33(16-10-14-28-15-18-37-17-7-2)20-22-11-12-25(30-19-22)21(5)31-23(8-3)24(9-4)32-27(35)36/h8-9,11-12,19,28,31-32H,5-7,10,13-18,20H2,1-4H3,(H,29,34)(H,35,36)/b23-8+,24-9+. The SMILES string of the molecule is C=C(NC(=C/C)/C(=C\C)NC(=O)O)c1ccc(CN(CCCNCCOCCC)C(=O)NCCC)cn1. The maximum atomic E-state index is 12.7. The number of hydrogen-bond acceptors (Lipinski definition) is 6. The first-order chi connectivity index (χ1) is 17.9. The van der Waals surface area contributed by atoms with E-state index in [2.05, 4.69) is 39.8 Å². The number of allylic oxidation sites excluding steroid dienone is 2. The Hall–Kier alpha value is -3.37. The zero-order chi connectivity index (χ0) is 27.5. The second kappa shape index (κ2) is 18.8. The molecule has 10 nitrogen and oxygen atoms in total. The van der Waals surface area contributed by atoms with Gasteiger partial charge in [-0.15, -0.1) is 0 Å². The summed E-state index contributed by atoms with van der Waals surface area (Å²) < 4.78 is 5.47. The van der Waals surface area contributed by atoms with E-state index in [4.69, 9.17) is 9.84 Å². The maximum absolute atomic E-state index is 12.7.